The van der Waals surface area contributed by atoms with E-state index in [1.54, 1.807) is 30.3 Å². The Labute approximate surface area is 98.4 Å². The third-order valence-electron chi connectivity index (χ3n) is 2.47. The highest BCUT2D eigenvalue weighted by atomic mass is 16.5. The Morgan fingerprint density at radius 1 is 1.35 bits per heavy atom. The van der Waals surface area contributed by atoms with Crippen molar-refractivity contribution in [1.82, 2.24) is 0 Å². The maximum atomic E-state index is 11.2. The lowest BCUT2D eigenvalue weighted by Gasteiger charge is -2.07. The molecule has 4 heteroatoms. The van der Waals surface area contributed by atoms with Gasteiger partial charge < -0.3 is 14.3 Å². The first kappa shape index (κ1) is 11.3. The lowest BCUT2D eigenvalue weighted by molar-refractivity contribution is -0.139. The molecule has 0 bridgehead atoms. The Kier molecular flexibility index (Phi) is 3.14. The summed E-state index contributed by atoms with van der Waals surface area (Å²) in [6.07, 6.45) is 1.57. The van der Waals surface area contributed by atoms with Crippen molar-refractivity contribution in [1.29, 1.82) is 0 Å². The summed E-state index contributed by atoms with van der Waals surface area (Å²) < 4.78 is 9.78. The molecule has 1 heterocycles. The Hall–Kier alpha value is -2.23. The van der Waals surface area contributed by atoms with Crippen LogP contribution in [0.4, 0.5) is 0 Å². The molecule has 0 atom stereocenters. The molecule has 0 aliphatic heterocycles. The van der Waals surface area contributed by atoms with E-state index in [9.17, 15) is 9.90 Å². The number of phenolic OH excluding ortho intramolecular Hbond substituents is 1. The number of methoxy groups -OCH3 is 1. The number of hydrogen-bond acceptors (Lipinski definition) is 4. The van der Waals surface area contributed by atoms with E-state index in [-0.39, 0.29) is 12.2 Å². The molecule has 0 radical (unpaired) electrons. The van der Waals surface area contributed by atoms with Crippen LogP contribution in [0, 0.1) is 0 Å². The number of phenols is 1. The van der Waals surface area contributed by atoms with E-state index in [1.807, 2.05) is 0 Å². The van der Waals surface area contributed by atoms with Crippen LogP contribution in [0.5, 0.6) is 5.75 Å². The highest BCUT2D eigenvalue weighted by Crippen LogP contribution is 2.32. The molecule has 0 aliphatic carbocycles. The molecule has 0 unspecified atom stereocenters. The van der Waals surface area contributed by atoms with Gasteiger partial charge in [-0.1, -0.05) is 12.1 Å². The van der Waals surface area contributed by atoms with Crippen LogP contribution in [0.25, 0.3) is 11.3 Å². The summed E-state index contributed by atoms with van der Waals surface area (Å²) in [7, 11) is 1.32. The number of para-hydroxylation sites is 1. The van der Waals surface area contributed by atoms with Crippen molar-refractivity contribution in [3.8, 4) is 17.1 Å². The van der Waals surface area contributed by atoms with Gasteiger partial charge in [-0.25, -0.2) is 0 Å². The molecule has 0 saturated heterocycles. The molecule has 4 nitrogen and oxygen atoms in total. The van der Waals surface area contributed by atoms with Crippen LogP contribution in [0.15, 0.2) is 41.0 Å². The predicted molar refractivity (Wildman–Crippen MR) is 61.5 cm³/mol. The van der Waals surface area contributed by atoms with Crippen LogP contribution in [-0.2, 0) is 16.0 Å². The minimum atomic E-state index is -0.392. The number of carbonyl (C=O) groups excluding carboxylic acids is 1. The maximum Gasteiger partial charge on any atom is 0.310 e. The molecule has 1 aromatic heterocycles. The Balaban J connectivity index is 2.37. The summed E-state index contributed by atoms with van der Waals surface area (Å²) >= 11 is 0. The van der Waals surface area contributed by atoms with Gasteiger partial charge in [-0.15, -0.1) is 0 Å². The van der Waals surface area contributed by atoms with Gasteiger partial charge in [-0.3, -0.25) is 4.79 Å². The number of hydrogen-bond donors (Lipinski definition) is 1. The van der Waals surface area contributed by atoms with Crippen LogP contribution in [0.2, 0.25) is 0 Å². The van der Waals surface area contributed by atoms with Crippen molar-refractivity contribution in [2.75, 3.05) is 7.11 Å². The zero-order valence-corrected chi connectivity index (χ0v) is 9.34. The molecule has 2 aromatic rings. The van der Waals surface area contributed by atoms with E-state index in [2.05, 4.69) is 4.74 Å². The monoisotopic (exact) mass is 232 g/mol. The van der Waals surface area contributed by atoms with Crippen LogP contribution in [-0.4, -0.2) is 18.2 Å². The average Bonchev–Trinajstić information content (AvgIpc) is 2.85. The van der Waals surface area contributed by atoms with Gasteiger partial charge in [0.15, 0.2) is 0 Å². The van der Waals surface area contributed by atoms with Gasteiger partial charge in [-0.05, 0) is 18.2 Å². The van der Waals surface area contributed by atoms with Gasteiger partial charge in [0, 0.05) is 5.56 Å². The van der Waals surface area contributed by atoms with Gasteiger partial charge in [0.2, 0.25) is 0 Å². The Bertz CT molecular complexity index is 514. The highest BCUT2D eigenvalue weighted by Gasteiger charge is 2.13. The second-order valence-electron chi connectivity index (χ2n) is 3.54. The molecule has 0 saturated carbocycles. The summed E-state index contributed by atoms with van der Waals surface area (Å²) in [5, 5.41) is 10.0. The summed E-state index contributed by atoms with van der Waals surface area (Å²) in [5.41, 5.74) is 1.09. The molecule has 0 spiro atoms. The van der Waals surface area contributed by atoms with E-state index in [0.29, 0.717) is 16.9 Å². The van der Waals surface area contributed by atoms with Gasteiger partial charge in [0.05, 0.1) is 25.4 Å². The van der Waals surface area contributed by atoms with Crippen LogP contribution < -0.4 is 0 Å². The zero-order valence-electron chi connectivity index (χ0n) is 9.34. The van der Waals surface area contributed by atoms with Gasteiger partial charge in [0.25, 0.3) is 0 Å². The molecule has 88 valence electrons. The topological polar surface area (TPSA) is 59.7 Å². The molecular weight excluding hydrogens is 220 g/mol. The molecule has 17 heavy (non-hydrogen) atoms. The molecule has 0 amide bonds. The third-order valence-corrected chi connectivity index (χ3v) is 2.47. The second-order valence-corrected chi connectivity index (χ2v) is 3.54. The summed E-state index contributed by atoms with van der Waals surface area (Å²) in [5.74, 6) is 0.221. The second kappa shape index (κ2) is 4.74. The van der Waals surface area contributed by atoms with E-state index >= 15 is 0 Å². The minimum Gasteiger partial charge on any atom is -0.507 e. The van der Waals surface area contributed by atoms with Crippen molar-refractivity contribution >= 4 is 5.97 Å². The first-order valence-corrected chi connectivity index (χ1v) is 5.14. The first-order valence-electron chi connectivity index (χ1n) is 5.14. The molecular formula is C13H12O4. The van der Waals surface area contributed by atoms with Crippen LogP contribution >= 0.6 is 0 Å². The smallest absolute Gasteiger partial charge is 0.310 e. The number of rotatable bonds is 3. The fourth-order valence-electron chi connectivity index (χ4n) is 1.59. The SMILES string of the molecule is COC(=O)Cc1cccc(-c2ccco2)c1O. The quantitative estimate of drug-likeness (QED) is 0.825. The minimum absolute atomic E-state index is 0.0386. The lowest BCUT2D eigenvalue weighted by Crippen LogP contribution is -2.04. The van der Waals surface area contributed by atoms with Gasteiger partial charge in [-0.2, -0.15) is 0 Å². The van der Waals surface area contributed by atoms with Crippen molar-refractivity contribution in [2.45, 2.75) is 6.42 Å². The largest absolute Gasteiger partial charge is 0.507 e. The van der Waals surface area contributed by atoms with Crippen molar-refractivity contribution in [2.24, 2.45) is 0 Å². The molecule has 1 N–H and O–H groups in total. The average molecular weight is 232 g/mol. The fraction of sp³-hybridized carbons (Fsp3) is 0.154. The first-order chi connectivity index (χ1) is 8.22. The zero-order chi connectivity index (χ0) is 12.3. The highest BCUT2D eigenvalue weighted by molar-refractivity contribution is 5.76. The van der Waals surface area contributed by atoms with Gasteiger partial charge >= 0.3 is 5.97 Å². The fourth-order valence-corrected chi connectivity index (χ4v) is 1.59. The maximum absolute atomic E-state index is 11.2. The number of esters is 1. The molecule has 1 aromatic carbocycles. The predicted octanol–water partition coefficient (Wildman–Crippen LogP) is 2.37. The van der Waals surface area contributed by atoms with Crippen LogP contribution in [0.3, 0.4) is 0 Å². The molecule has 0 fully saturated rings. The number of carbonyl (C=O) groups is 1. The third kappa shape index (κ3) is 2.30. The Morgan fingerprint density at radius 3 is 2.82 bits per heavy atom. The standard InChI is InChI=1S/C13H12O4/c1-16-12(14)8-9-4-2-5-10(13(9)15)11-6-3-7-17-11/h2-7,15H,8H2,1H3. The number of ether oxygens (including phenoxy) is 1. The summed E-state index contributed by atoms with van der Waals surface area (Å²) in [6, 6.07) is 8.65. The summed E-state index contributed by atoms with van der Waals surface area (Å²) in [6.45, 7) is 0. The summed E-state index contributed by atoms with van der Waals surface area (Å²) in [4.78, 5) is 11.2. The van der Waals surface area contributed by atoms with E-state index in [1.165, 1.54) is 13.4 Å². The van der Waals surface area contributed by atoms with Crippen molar-refractivity contribution < 1.29 is 19.1 Å². The van der Waals surface area contributed by atoms with E-state index in [0.717, 1.165) is 0 Å². The van der Waals surface area contributed by atoms with E-state index < -0.39 is 5.97 Å². The van der Waals surface area contributed by atoms with Crippen molar-refractivity contribution in [3.63, 3.8) is 0 Å². The normalized spacial score (nSPS) is 10.2. The van der Waals surface area contributed by atoms with E-state index in [4.69, 9.17) is 4.42 Å². The number of benzene rings is 1. The number of aromatic hydroxyl groups is 1. The van der Waals surface area contributed by atoms with Crippen LogP contribution in [0.1, 0.15) is 5.56 Å². The molecule has 2 rings (SSSR count). The van der Waals surface area contributed by atoms with Crippen molar-refractivity contribution in [3.05, 3.63) is 42.2 Å². The Morgan fingerprint density at radius 2 is 2.18 bits per heavy atom. The number of furan rings is 1. The van der Waals surface area contributed by atoms with Gasteiger partial charge in [0.1, 0.15) is 11.5 Å². The molecule has 0 aliphatic rings. The lowest BCUT2D eigenvalue weighted by atomic mass is 10.0.